The van der Waals surface area contributed by atoms with E-state index in [9.17, 15) is 0 Å². The first-order valence-corrected chi connectivity index (χ1v) is 2.43. The smallest absolute Gasteiger partial charge is 0.188 e. The van der Waals surface area contributed by atoms with Crippen LogP contribution < -0.4 is 11.1 Å². The Hall–Kier alpha value is -0.250. The first-order chi connectivity index (χ1) is 3.39. The summed E-state index contributed by atoms with van der Waals surface area (Å²) >= 11 is 0. The second-order valence-electron chi connectivity index (χ2n) is 1.55. The molecule has 0 aromatic rings. The summed E-state index contributed by atoms with van der Waals surface area (Å²) in [5, 5.41) is 2.91. The van der Waals surface area contributed by atoms with Crippen molar-refractivity contribution in [1.82, 2.24) is 5.32 Å². The summed E-state index contributed by atoms with van der Waals surface area (Å²) in [5.74, 6) is 0.589. The maximum atomic E-state index is 5.27. The SMILES string of the molecule is Br.NC1=NCCCN1. The summed E-state index contributed by atoms with van der Waals surface area (Å²) in [6.45, 7) is 1.87. The predicted molar refractivity (Wildman–Crippen MR) is 39.4 cm³/mol. The number of halogens is 1. The van der Waals surface area contributed by atoms with Crippen molar-refractivity contribution in [3.05, 3.63) is 0 Å². The van der Waals surface area contributed by atoms with E-state index in [1.54, 1.807) is 0 Å². The van der Waals surface area contributed by atoms with E-state index in [0.29, 0.717) is 5.96 Å². The maximum Gasteiger partial charge on any atom is 0.188 e. The summed E-state index contributed by atoms with van der Waals surface area (Å²) in [6, 6.07) is 0. The molecule has 0 aromatic carbocycles. The Labute approximate surface area is 59.1 Å². The van der Waals surface area contributed by atoms with Gasteiger partial charge in [0.25, 0.3) is 0 Å². The van der Waals surface area contributed by atoms with Crippen molar-refractivity contribution in [3.8, 4) is 0 Å². The third-order valence-corrected chi connectivity index (χ3v) is 0.923. The summed E-state index contributed by atoms with van der Waals surface area (Å²) in [4.78, 5) is 3.91. The molecule has 48 valence electrons. The zero-order valence-corrected chi connectivity index (χ0v) is 6.27. The van der Waals surface area contributed by atoms with Gasteiger partial charge in [-0.1, -0.05) is 0 Å². The van der Waals surface area contributed by atoms with Crippen molar-refractivity contribution in [2.24, 2.45) is 10.7 Å². The molecule has 1 heterocycles. The minimum Gasteiger partial charge on any atom is -0.370 e. The molecule has 1 rings (SSSR count). The molecule has 1 aliphatic rings. The average molecular weight is 180 g/mol. The molecule has 3 nitrogen and oxygen atoms in total. The number of guanidine groups is 1. The molecule has 0 atom stereocenters. The molecular weight excluding hydrogens is 170 g/mol. The number of nitrogens with two attached hydrogens (primary N) is 1. The van der Waals surface area contributed by atoms with E-state index in [4.69, 9.17) is 5.73 Å². The van der Waals surface area contributed by atoms with Gasteiger partial charge in [-0.2, -0.15) is 0 Å². The Morgan fingerprint density at radius 2 is 2.38 bits per heavy atom. The molecule has 8 heavy (non-hydrogen) atoms. The molecule has 0 spiro atoms. The highest BCUT2D eigenvalue weighted by molar-refractivity contribution is 8.93. The average Bonchev–Trinajstić information content (AvgIpc) is 1.69. The molecule has 0 bridgehead atoms. The Kier molecular flexibility index (Phi) is 3.60. The number of nitrogens with zero attached hydrogens (tertiary/aromatic N) is 1. The molecule has 4 heteroatoms. The van der Waals surface area contributed by atoms with Gasteiger partial charge < -0.3 is 11.1 Å². The topological polar surface area (TPSA) is 50.4 Å². The highest BCUT2D eigenvalue weighted by Crippen LogP contribution is 1.83. The zero-order chi connectivity index (χ0) is 5.11. The normalized spacial score (nSPS) is 17.8. The lowest BCUT2D eigenvalue weighted by Crippen LogP contribution is -2.35. The monoisotopic (exact) mass is 179 g/mol. The minimum absolute atomic E-state index is 0. The Morgan fingerprint density at radius 3 is 2.62 bits per heavy atom. The van der Waals surface area contributed by atoms with Gasteiger partial charge in [-0.05, 0) is 6.42 Å². The van der Waals surface area contributed by atoms with Crippen molar-refractivity contribution in [2.75, 3.05) is 13.1 Å². The van der Waals surface area contributed by atoms with Crippen LogP contribution in [0.3, 0.4) is 0 Å². The van der Waals surface area contributed by atoms with E-state index in [-0.39, 0.29) is 17.0 Å². The van der Waals surface area contributed by atoms with Crippen LogP contribution in [0, 0.1) is 0 Å². The second kappa shape index (κ2) is 3.72. The quantitative estimate of drug-likeness (QED) is 0.545. The predicted octanol–water partition coefficient (Wildman–Crippen LogP) is -0.128. The summed E-state index contributed by atoms with van der Waals surface area (Å²) < 4.78 is 0. The van der Waals surface area contributed by atoms with Gasteiger partial charge >= 0.3 is 0 Å². The fourth-order valence-electron chi connectivity index (χ4n) is 0.551. The standard InChI is InChI=1S/C4H9N3.BrH/c5-4-6-2-1-3-7-4;/h1-3H2,(H3,5,6,7);1H. The van der Waals surface area contributed by atoms with Crippen molar-refractivity contribution in [1.29, 1.82) is 0 Å². The van der Waals surface area contributed by atoms with E-state index in [0.717, 1.165) is 19.5 Å². The fraction of sp³-hybridized carbons (Fsp3) is 0.750. The number of hydrogen-bond donors (Lipinski definition) is 2. The number of hydrogen-bond acceptors (Lipinski definition) is 3. The first kappa shape index (κ1) is 7.75. The molecule has 0 unspecified atom stereocenters. The van der Waals surface area contributed by atoms with Gasteiger partial charge in [0.2, 0.25) is 0 Å². The summed E-state index contributed by atoms with van der Waals surface area (Å²) in [7, 11) is 0. The second-order valence-corrected chi connectivity index (χ2v) is 1.55. The summed E-state index contributed by atoms with van der Waals surface area (Å²) in [6.07, 6.45) is 1.11. The number of nitrogens with one attached hydrogen (secondary N) is 1. The largest absolute Gasteiger partial charge is 0.370 e. The molecular formula is C4H10BrN3. The van der Waals surface area contributed by atoms with Crippen LogP contribution in [0.25, 0.3) is 0 Å². The number of aliphatic imine (C=N–C) groups is 1. The third kappa shape index (κ3) is 2.16. The molecule has 0 saturated heterocycles. The highest BCUT2D eigenvalue weighted by Gasteiger charge is 1.94. The maximum absolute atomic E-state index is 5.27. The van der Waals surface area contributed by atoms with E-state index in [1.807, 2.05) is 0 Å². The van der Waals surface area contributed by atoms with Crippen LogP contribution in [0.5, 0.6) is 0 Å². The van der Waals surface area contributed by atoms with Crippen molar-refractivity contribution in [2.45, 2.75) is 6.42 Å². The lowest BCUT2D eigenvalue weighted by Gasteiger charge is -2.08. The Morgan fingerprint density at radius 1 is 1.62 bits per heavy atom. The highest BCUT2D eigenvalue weighted by atomic mass is 79.9. The lowest BCUT2D eigenvalue weighted by atomic mass is 10.4. The van der Waals surface area contributed by atoms with E-state index < -0.39 is 0 Å². The van der Waals surface area contributed by atoms with Crippen LogP contribution in [0.4, 0.5) is 0 Å². The van der Waals surface area contributed by atoms with Crippen LogP contribution >= 0.6 is 17.0 Å². The molecule has 1 aliphatic heterocycles. The van der Waals surface area contributed by atoms with Crippen molar-refractivity contribution in [3.63, 3.8) is 0 Å². The van der Waals surface area contributed by atoms with Crippen molar-refractivity contribution >= 4 is 22.9 Å². The van der Waals surface area contributed by atoms with Gasteiger partial charge in [-0.3, -0.25) is 4.99 Å². The van der Waals surface area contributed by atoms with E-state index in [1.165, 1.54) is 0 Å². The van der Waals surface area contributed by atoms with Gasteiger partial charge in [0.15, 0.2) is 5.96 Å². The number of rotatable bonds is 0. The zero-order valence-electron chi connectivity index (χ0n) is 4.55. The van der Waals surface area contributed by atoms with Gasteiger partial charge in [0.1, 0.15) is 0 Å². The Bertz CT molecular complexity index is 91.3. The van der Waals surface area contributed by atoms with Crippen LogP contribution in [-0.4, -0.2) is 19.0 Å². The van der Waals surface area contributed by atoms with Gasteiger partial charge in [-0.25, -0.2) is 0 Å². The molecule has 0 amide bonds. The molecule has 0 fully saturated rings. The van der Waals surface area contributed by atoms with Crippen LogP contribution in [-0.2, 0) is 0 Å². The molecule has 0 radical (unpaired) electrons. The van der Waals surface area contributed by atoms with Crippen LogP contribution in [0.1, 0.15) is 6.42 Å². The van der Waals surface area contributed by atoms with E-state index in [2.05, 4.69) is 10.3 Å². The van der Waals surface area contributed by atoms with Gasteiger partial charge in [0, 0.05) is 13.1 Å². The lowest BCUT2D eigenvalue weighted by molar-refractivity contribution is 0.736. The third-order valence-electron chi connectivity index (χ3n) is 0.923. The molecule has 0 saturated carbocycles. The first-order valence-electron chi connectivity index (χ1n) is 2.43. The van der Waals surface area contributed by atoms with E-state index >= 15 is 0 Å². The molecule has 0 aliphatic carbocycles. The Balaban J connectivity index is 0.000000490. The molecule has 0 aromatic heterocycles. The van der Waals surface area contributed by atoms with Gasteiger partial charge in [0.05, 0.1) is 0 Å². The summed E-state index contributed by atoms with van der Waals surface area (Å²) in [5.41, 5.74) is 5.27. The minimum atomic E-state index is 0. The van der Waals surface area contributed by atoms with Crippen LogP contribution in [0.15, 0.2) is 4.99 Å². The van der Waals surface area contributed by atoms with Gasteiger partial charge in [-0.15, -0.1) is 17.0 Å². The van der Waals surface area contributed by atoms with Crippen LogP contribution in [0.2, 0.25) is 0 Å². The molecule has 3 N–H and O–H groups in total. The fourth-order valence-corrected chi connectivity index (χ4v) is 0.551. The van der Waals surface area contributed by atoms with Crippen molar-refractivity contribution < 1.29 is 0 Å².